The van der Waals surface area contributed by atoms with Gasteiger partial charge in [0.25, 0.3) is 5.56 Å². The fraction of sp³-hybridized carbons (Fsp3) is 0.294. The Bertz CT molecular complexity index is 1740. The number of benzene rings is 3. The van der Waals surface area contributed by atoms with Gasteiger partial charge in [-0.25, -0.2) is 13.2 Å². The second-order valence-corrected chi connectivity index (χ2v) is 13.1. The topological polar surface area (TPSA) is 120 Å². The second-order valence-electron chi connectivity index (χ2n) is 11.0. The molecule has 3 aromatic carbocycles. The van der Waals surface area contributed by atoms with Gasteiger partial charge in [-0.2, -0.15) is 0 Å². The minimum Gasteiger partial charge on any atom is -0.379 e. The van der Waals surface area contributed by atoms with E-state index < -0.39 is 39.0 Å². The summed E-state index contributed by atoms with van der Waals surface area (Å²) >= 11 is 0. The van der Waals surface area contributed by atoms with E-state index in [0.717, 1.165) is 21.3 Å². The van der Waals surface area contributed by atoms with Crippen LogP contribution in [0.5, 0.6) is 0 Å². The summed E-state index contributed by atoms with van der Waals surface area (Å²) in [6.07, 6.45) is 0.651. The maximum atomic E-state index is 13.9. The zero-order valence-electron chi connectivity index (χ0n) is 24.7. The van der Waals surface area contributed by atoms with Gasteiger partial charge in [0.15, 0.2) is 16.1 Å². The molecule has 0 aliphatic carbocycles. The van der Waals surface area contributed by atoms with Gasteiger partial charge in [-0.3, -0.25) is 19.2 Å². The van der Waals surface area contributed by atoms with Crippen molar-refractivity contribution in [2.75, 3.05) is 45.2 Å². The number of aromatic amines is 1. The van der Waals surface area contributed by atoms with Gasteiger partial charge in [0.2, 0.25) is 0 Å². The molecule has 0 radical (unpaired) electrons. The van der Waals surface area contributed by atoms with E-state index in [9.17, 15) is 18.0 Å². The van der Waals surface area contributed by atoms with Crippen molar-refractivity contribution in [2.45, 2.75) is 17.9 Å². The van der Waals surface area contributed by atoms with Crippen LogP contribution < -0.4 is 11.2 Å². The number of aromatic nitrogens is 2. The molecule has 234 valence electrons. The Morgan fingerprint density at radius 1 is 0.822 bits per heavy atom. The average molecular weight is 630 g/mol. The van der Waals surface area contributed by atoms with Crippen molar-refractivity contribution < 1.29 is 22.6 Å². The molecular formula is C34H35N3O7S. The number of ether oxygens (including phenoxy) is 3. The van der Waals surface area contributed by atoms with Crippen molar-refractivity contribution in [1.82, 2.24) is 14.5 Å². The van der Waals surface area contributed by atoms with E-state index in [-0.39, 0.29) is 17.3 Å². The molecule has 0 unspecified atom stereocenters. The van der Waals surface area contributed by atoms with Crippen LogP contribution in [0.15, 0.2) is 124 Å². The van der Waals surface area contributed by atoms with Crippen molar-refractivity contribution in [3.8, 4) is 0 Å². The fourth-order valence-electron chi connectivity index (χ4n) is 5.88. The molecule has 0 spiro atoms. The van der Waals surface area contributed by atoms with Crippen LogP contribution in [-0.4, -0.2) is 74.2 Å². The first-order valence-electron chi connectivity index (χ1n) is 14.9. The number of morpholine rings is 1. The molecule has 0 bridgehead atoms. The first-order chi connectivity index (χ1) is 21.9. The number of rotatable bonds is 11. The second kappa shape index (κ2) is 13.5. The van der Waals surface area contributed by atoms with Crippen LogP contribution in [0.2, 0.25) is 0 Å². The summed E-state index contributed by atoms with van der Waals surface area (Å²) < 4.78 is 47.6. The van der Waals surface area contributed by atoms with Crippen molar-refractivity contribution >= 4 is 9.84 Å². The Morgan fingerprint density at radius 3 is 1.91 bits per heavy atom. The molecule has 1 aromatic heterocycles. The van der Waals surface area contributed by atoms with E-state index in [4.69, 9.17) is 14.2 Å². The third-order valence-electron chi connectivity index (χ3n) is 8.18. The van der Waals surface area contributed by atoms with Gasteiger partial charge in [-0.05, 0) is 22.8 Å². The molecule has 1 fully saturated rings. The van der Waals surface area contributed by atoms with Crippen LogP contribution in [0.1, 0.15) is 22.9 Å². The standard InChI is InChI=1S/C34H35N3O7S/c38-31-16-17-37(33(39)35-31)32-24-30(45(40,41)23-20-36-18-21-42-22-19-36)29(44-32)25-43-34(26-10-4-1-5-11-26,27-12-6-2-7-13-27)28-14-8-3-9-15-28/h1-17,24,29,32H,18-23,25H2,(H,35,38,39)/t29-,32-/m1/s1. The van der Waals surface area contributed by atoms with Gasteiger partial charge >= 0.3 is 5.69 Å². The molecule has 2 aliphatic rings. The molecule has 2 aliphatic heterocycles. The van der Waals surface area contributed by atoms with Crippen molar-refractivity contribution in [1.29, 1.82) is 0 Å². The van der Waals surface area contributed by atoms with Crippen LogP contribution in [0.4, 0.5) is 0 Å². The Labute approximate surface area is 261 Å². The Kier molecular flexibility index (Phi) is 9.24. The maximum absolute atomic E-state index is 13.9. The van der Waals surface area contributed by atoms with E-state index in [1.54, 1.807) is 0 Å². The highest BCUT2D eigenvalue weighted by molar-refractivity contribution is 7.95. The summed E-state index contributed by atoms with van der Waals surface area (Å²) in [6, 6.07) is 30.5. The minimum atomic E-state index is -3.85. The molecule has 6 rings (SSSR count). The number of hydrogen-bond acceptors (Lipinski definition) is 8. The predicted molar refractivity (Wildman–Crippen MR) is 170 cm³/mol. The number of hydrogen-bond donors (Lipinski definition) is 1. The number of sulfone groups is 1. The molecule has 1 N–H and O–H groups in total. The summed E-state index contributed by atoms with van der Waals surface area (Å²) in [7, 11) is -3.85. The van der Waals surface area contributed by atoms with E-state index >= 15 is 0 Å². The average Bonchev–Trinajstić information content (AvgIpc) is 3.51. The summed E-state index contributed by atoms with van der Waals surface area (Å²) in [5.74, 6) is -0.132. The molecule has 3 heterocycles. The monoisotopic (exact) mass is 629 g/mol. The van der Waals surface area contributed by atoms with Gasteiger partial charge in [0, 0.05) is 31.9 Å². The largest absolute Gasteiger partial charge is 0.379 e. The fourth-order valence-corrected chi connectivity index (χ4v) is 7.46. The Hall–Kier alpha value is -4.13. The maximum Gasteiger partial charge on any atom is 0.330 e. The lowest BCUT2D eigenvalue weighted by molar-refractivity contribution is -0.0696. The highest BCUT2D eigenvalue weighted by Gasteiger charge is 2.42. The number of H-pyrrole nitrogens is 1. The quantitative estimate of drug-likeness (QED) is 0.252. The molecule has 0 saturated carbocycles. The molecule has 11 heteroatoms. The highest BCUT2D eigenvalue weighted by atomic mass is 32.2. The van der Waals surface area contributed by atoms with Gasteiger partial charge in [-0.15, -0.1) is 0 Å². The first kappa shape index (κ1) is 30.9. The van der Waals surface area contributed by atoms with Crippen LogP contribution in [0.3, 0.4) is 0 Å². The summed E-state index contributed by atoms with van der Waals surface area (Å²) in [6.45, 7) is 2.61. The summed E-state index contributed by atoms with van der Waals surface area (Å²) in [5, 5.41) is 0. The van der Waals surface area contributed by atoms with Crippen molar-refractivity contribution in [3.63, 3.8) is 0 Å². The number of nitrogens with zero attached hydrogens (tertiary/aromatic N) is 2. The minimum absolute atomic E-state index is 0.0435. The summed E-state index contributed by atoms with van der Waals surface area (Å²) in [4.78, 5) is 28.8. The molecule has 45 heavy (non-hydrogen) atoms. The van der Waals surface area contributed by atoms with E-state index in [2.05, 4.69) is 9.88 Å². The van der Waals surface area contributed by atoms with Crippen LogP contribution in [0.25, 0.3) is 0 Å². The number of nitrogens with one attached hydrogen (secondary N) is 1. The molecule has 4 aromatic rings. The smallest absolute Gasteiger partial charge is 0.330 e. The zero-order valence-corrected chi connectivity index (χ0v) is 25.5. The third kappa shape index (κ3) is 6.63. The van der Waals surface area contributed by atoms with Crippen LogP contribution in [-0.2, 0) is 29.6 Å². The Morgan fingerprint density at radius 2 is 1.38 bits per heavy atom. The van der Waals surface area contributed by atoms with E-state index in [1.165, 1.54) is 18.3 Å². The van der Waals surface area contributed by atoms with Crippen molar-refractivity contribution in [2.24, 2.45) is 0 Å². The first-order valence-corrected chi connectivity index (χ1v) is 16.5. The molecule has 10 nitrogen and oxygen atoms in total. The SMILES string of the molecule is O=c1ccn([C@H]2C=C(S(=O)(=O)CCN3CCOCC3)[C@@H](COC(c3ccccc3)(c3ccccc3)c3ccccc3)O2)c(=O)[nH]1. The lowest BCUT2D eigenvalue weighted by Gasteiger charge is -2.37. The third-order valence-corrected chi connectivity index (χ3v) is 10.0. The van der Waals surface area contributed by atoms with Crippen molar-refractivity contribution in [3.05, 3.63) is 152 Å². The molecule has 2 atom stereocenters. The lowest BCUT2D eigenvalue weighted by Crippen LogP contribution is -2.40. The van der Waals surface area contributed by atoms with Gasteiger partial charge in [0.05, 0.1) is 30.5 Å². The molecular weight excluding hydrogens is 594 g/mol. The van der Waals surface area contributed by atoms with Gasteiger partial charge < -0.3 is 14.2 Å². The van der Waals surface area contributed by atoms with E-state index in [0.29, 0.717) is 32.8 Å². The highest BCUT2D eigenvalue weighted by Crippen LogP contribution is 2.42. The van der Waals surface area contributed by atoms with E-state index in [1.807, 2.05) is 91.0 Å². The Balaban J connectivity index is 1.38. The summed E-state index contributed by atoms with van der Waals surface area (Å²) in [5.41, 5.74) is 0.193. The molecule has 0 amide bonds. The van der Waals surface area contributed by atoms with Gasteiger partial charge in [-0.1, -0.05) is 91.0 Å². The molecule has 1 saturated heterocycles. The van der Waals surface area contributed by atoms with Crippen LogP contribution >= 0.6 is 0 Å². The predicted octanol–water partition coefficient (Wildman–Crippen LogP) is 3.07. The van der Waals surface area contributed by atoms with Crippen LogP contribution in [0, 0.1) is 0 Å². The zero-order chi connectivity index (χ0) is 31.3. The lowest BCUT2D eigenvalue weighted by atomic mass is 9.80. The normalized spacial score (nSPS) is 19.3. The van der Waals surface area contributed by atoms with Gasteiger partial charge in [0.1, 0.15) is 11.7 Å².